The minimum atomic E-state index is -0.461. The highest BCUT2D eigenvalue weighted by molar-refractivity contribution is 5.93. The van der Waals surface area contributed by atoms with Gasteiger partial charge in [-0.1, -0.05) is 6.92 Å². The van der Waals surface area contributed by atoms with E-state index in [2.05, 4.69) is 10.6 Å². The summed E-state index contributed by atoms with van der Waals surface area (Å²) in [5, 5.41) is 5.36. The Kier molecular flexibility index (Phi) is 7.94. The molecule has 0 saturated heterocycles. The van der Waals surface area contributed by atoms with Gasteiger partial charge in [0.1, 0.15) is 23.1 Å². The highest BCUT2D eigenvalue weighted by Crippen LogP contribution is 2.27. The molecule has 0 aliphatic carbocycles. The van der Waals surface area contributed by atoms with Crippen LogP contribution in [0, 0.1) is 17.6 Å². The van der Waals surface area contributed by atoms with Gasteiger partial charge >= 0.3 is 0 Å². The van der Waals surface area contributed by atoms with Crippen molar-refractivity contribution in [2.45, 2.75) is 26.2 Å². The molecule has 0 aliphatic rings. The van der Waals surface area contributed by atoms with E-state index >= 15 is 0 Å². The largest absolute Gasteiger partial charge is 0.494 e. The standard InChI is InChI=1S/C21H24F2N2O4/c1-13(10-21(27)25-17-8-6-15(23)12-19(17)29-3)4-9-20(26)24-16-7-5-14(22)11-18(16)28-2/h5-8,11-13H,4,9-10H2,1-3H3,(H,24,26)(H,25,27). The molecule has 0 saturated carbocycles. The number of nitrogens with one attached hydrogen (secondary N) is 2. The Morgan fingerprint density at radius 1 is 0.897 bits per heavy atom. The van der Waals surface area contributed by atoms with Crippen LogP contribution < -0.4 is 20.1 Å². The van der Waals surface area contributed by atoms with Gasteiger partial charge in [-0.3, -0.25) is 9.59 Å². The van der Waals surface area contributed by atoms with Gasteiger partial charge < -0.3 is 20.1 Å². The molecule has 2 aromatic rings. The van der Waals surface area contributed by atoms with E-state index in [9.17, 15) is 18.4 Å². The van der Waals surface area contributed by atoms with Gasteiger partial charge in [-0.15, -0.1) is 0 Å². The molecule has 0 heterocycles. The third kappa shape index (κ3) is 6.74. The van der Waals surface area contributed by atoms with Crippen molar-refractivity contribution >= 4 is 23.2 Å². The first kappa shape index (κ1) is 22.1. The maximum absolute atomic E-state index is 13.2. The van der Waals surface area contributed by atoms with Crippen molar-refractivity contribution in [2.24, 2.45) is 5.92 Å². The van der Waals surface area contributed by atoms with Crippen LogP contribution in [0.1, 0.15) is 26.2 Å². The Bertz CT molecular complexity index is 874. The van der Waals surface area contributed by atoms with Crippen molar-refractivity contribution in [2.75, 3.05) is 24.9 Å². The maximum Gasteiger partial charge on any atom is 0.224 e. The smallest absolute Gasteiger partial charge is 0.224 e. The Hall–Kier alpha value is -3.16. The van der Waals surface area contributed by atoms with Crippen molar-refractivity contribution in [1.29, 1.82) is 0 Å². The maximum atomic E-state index is 13.2. The number of carbonyl (C=O) groups excluding carboxylic acids is 2. The summed E-state index contributed by atoms with van der Waals surface area (Å²) in [4.78, 5) is 24.4. The zero-order valence-electron chi connectivity index (χ0n) is 16.6. The molecular formula is C21H24F2N2O4. The van der Waals surface area contributed by atoms with Crippen molar-refractivity contribution in [3.05, 3.63) is 48.0 Å². The SMILES string of the molecule is COc1cc(F)ccc1NC(=O)CCC(C)CC(=O)Nc1ccc(F)cc1OC. The fourth-order valence-corrected chi connectivity index (χ4v) is 2.75. The van der Waals surface area contributed by atoms with E-state index in [-0.39, 0.29) is 42.1 Å². The lowest BCUT2D eigenvalue weighted by Gasteiger charge is -2.14. The van der Waals surface area contributed by atoms with Crippen molar-refractivity contribution in [3.8, 4) is 11.5 Å². The highest BCUT2D eigenvalue weighted by atomic mass is 19.1. The zero-order valence-corrected chi connectivity index (χ0v) is 16.6. The monoisotopic (exact) mass is 406 g/mol. The van der Waals surface area contributed by atoms with Gasteiger partial charge in [0.05, 0.1) is 25.6 Å². The third-order valence-electron chi connectivity index (χ3n) is 4.27. The van der Waals surface area contributed by atoms with E-state index in [1.807, 2.05) is 6.92 Å². The summed E-state index contributed by atoms with van der Waals surface area (Å²) in [5.41, 5.74) is 0.764. The van der Waals surface area contributed by atoms with Crippen LogP contribution in [-0.4, -0.2) is 26.0 Å². The van der Waals surface area contributed by atoms with E-state index in [4.69, 9.17) is 9.47 Å². The first-order valence-corrected chi connectivity index (χ1v) is 9.09. The molecule has 6 nitrogen and oxygen atoms in total. The van der Waals surface area contributed by atoms with Gasteiger partial charge in [0.2, 0.25) is 11.8 Å². The van der Waals surface area contributed by atoms with Gasteiger partial charge in [0.25, 0.3) is 0 Å². The van der Waals surface area contributed by atoms with Crippen molar-refractivity contribution < 1.29 is 27.8 Å². The van der Waals surface area contributed by atoms with E-state index < -0.39 is 11.6 Å². The number of halogens is 2. The van der Waals surface area contributed by atoms with Crippen molar-refractivity contribution in [1.82, 2.24) is 0 Å². The van der Waals surface area contributed by atoms with Crippen molar-refractivity contribution in [3.63, 3.8) is 0 Å². The average Bonchev–Trinajstić information content (AvgIpc) is 2.69. The number of rotatable bonds is 9. The summed E-state index contributed by atoms with van der Waals surface area (Å²) < 4.78 is 36.5. The van der Waals surface area contributed by atoms with E-state index in [1.165, 1.54) is 50.6 Å². The normalized spacial score (nSPS) is 11.5. The molecule has 1 atom stereocenters. The lowest BCUT2D eigenvalue weighted by atomic mass is 10.0. The lowest BCUT2D eigenvalue weighted by molar-refractivity contribution is -0.118. The number of methoxy groups -OCH3 is 2. The Morgan fingerprint density at radius 2 is 1.38 bits per heavy atom. The minimum Gasteiger partial charge on any atom is -0.494 e. The summed E-state index contributed by atoms with van der Waals surface area (Å²) in [6, 6.07) is 7.70. The molecule has 0 spiro atoms. The molecule has 2 rings (SSSR count). The third-order valence-corrected chi connectivity index (χ3v) is 4.27. The number of carbonyl (C=O) groups is 2. The van der Waals surface area contributed by atoms with Crippen LogP contribution in [0.4, 0.5) is 20.2 Å². The topological polar surface area (TPSA) is 76.7 Å². The number of anilines is 2. The second kappa shape index (κ2) is 10.4. The highest BCUT2D eigenvalue weighted by Gasteiger charge is 2.15. The number of hydrogen-bond acceptors (Lipinski definition) is 4. The van der Waals surface area contributed by atoms with Crippen LogP contribution in [0.15, 0.2) is 36.4 Å². The fourth-order valence-electron chi connectivity index (χ4n) is 2.75. The summed E-state index contributed by atoms with van der Waals surface area (Å²) in [7, 11) is 2.78. The molecule has 2 amide bonds. The molecule has 8 heteroatoms. The summed E-state index contributed by atoms with van der Waals surface area (Å²) in [5.74, 6) is -1.04. The second-order valence-corrected chi connectivity index (χ2v) is 6.63. The van der Waals surface area contributed by atoms with Crippen LogP contribution in [0.25, 0.3) is 0 Å². The average molecular weight is 406 g/mol. The fraction of sp³-hybridized carbons (Fsp3) is 0.333. The minimum absolute atomic E-state index is 0.0673. The molecule has 156 valence electrons. The number of amides is 2. The molecule has 2 aromatic carbocycles. The predicted octanol–water partition coefficient (Wildman–Crippen LogP) is 4.37. The molecule has 1 unspecified atom stereocenters. The summed E-state index contributed by atoms with van der Waals surface area (Å²) >= 11 is 0. The first-order valence-electron chi connectivity index (χ1n) is 9.09. The molecule has 0 bridgehead atoms. The predicted molar refractivity (Wildman–Crippen MR) is 106 cm³/mol. The van der Waals surface area contributed by atoms with E-state index in [1.54, 1.807) is 0 Å². The number of benzene rings is 2. The molecule has 29 heavy (non-hydrogen) atoms. The Balaban J connectivity index is 1.82. The summed E-state index contributed by atoms with van der Waals surface area (Å²) in [6.07, 6.45) is 0.853. The van der Waals surface area contributed by atoms with Gasteiger partial charge in [-0.05, 0) is 36.6 Å². The van der Waals surface area contributed by atoms with E-state index in [0.29, 0.717) is 17.8 Å². The molecule has 0 fully saturated rings. The lowest BCUT2D eigenvalue weighted by Crippen LogP contribution is -2.18. The van der Waals surface area contributed by atoms with E-state index in [0.717, 1.165) is 0 Å². The van der Waals surface area contributed by atoms with Crippen LogP contribution in [0.3, 0.4) is 0 Å². The number of ether oxygens (including phenoxy) is 2. The zero-order chi connectivity index (χ0) is 21.4. The van der Waals surface area contributed by atoms with Crippen LogP contribution >= 0.6 is 0 Å². The second-order valence-electron chi connectivity index (χ2n) is 6.63. The van der Waals surface area contributed by atoms with Gasteiger partial charge in [0.15, 0.2) is 0 Å². The van der Waals surface area contributed by atoms with Crippen LogP contribution in [-0.2, 0) is 9.59 Å². The van der Waals surface area contributed by atoms with Gasteiger partial charge in [-0.2, -0.15) is 0 Å². The summed E-state index contributed by atoms with van der Waals surface area (Å²) in [6.45, 7) is 1.85. The Morgan fingerprint density at radius 3 is 1.86 bits per heavy atom. The molecule has 2 N–H and O–H groups in total. The number of hydrogen-bond donors (Lipinski definition) is 2. The Labute approximate surface area is 168 Å². The van der Waals surface area contributed by atoms with Gasteiger partial charge in [0, 0.05) is 25.0 Å². The first-order chi connectivity index (χ1) is 13.8. The molecule has 0 radical (unpaired) electrons. The molecular weight excluding hydrogens is 382 g/mol. The van der Waals surface area contributed by atoms with Gasteiger partial charge in [-0.25, -0.2) is 8.78 Å². The van der Waals surface area contributed by atoms with Crippen LogP contribution in [0.5, 0.6) is 11.5 Å². The quantitative estimate of drug-likeness (QED) is 0.649. The molecule has 0 aromatic heterocycles. The van der Waals surface area contributed by atoms with Crippen LogP contribution in [0.2, 0.25) is 0 Å². The molecule has 0 aliphatic heterocycles.